The summed E-state index contributed by atoms with van der Waals surface area (Å²) in [4.78, 5) is 6.65. The molecule has 1 radical (unpaired) electrons. The minimum Gasteiger partial charge on any atom is -0.369 e. The van der Waals surface area contributed by atoms with E-state index in [-0.39, 0.29) is 0 Å². The number of aromatic nitrogens is 2. The Kier molecular flexibility index (Phi) is 2.80. The van der Waals surface area contributed by atoms with E-state index in [1.807, 2.05) is 0 Å². The first-order valence-corrected chi connectivity index (χ1v) is 3.59. The van der Waals surface area contributed by atoms with Crippen LogP contribution >= 0.6 is 0 Å². The summed E-state index contributed by atoms with van der Waals surface area (Å²) < 4.78 is 0. The zero-order chi connectivity index (χ0) is 7.23. The molecule has 0 aromatic carbocycles. The molecule has 10 heavy (non-hydrogen) atoms. The third-order valence-corrected chi connectivity index (χ3v) is 1.29. The van der Waals surface area contributed by atoms with Crippen molar-refractivity contribution in [2.75, 3.05) is 11.9 Å². The van der Waals surface area contributed by atoms with E-state index in [9.17, 15) is 0 Å². The van der Waals surface area contributed by atoms with Crippen molar-refractivity contribution in [3.8, 4) is 0 Å². The van der Waals surface area contributed by atoms with E-state index in [2.05, 4.69) is 28.5 Å². The van der Waals surface area contributed by atoms with E-state index in [0.717, 1.165) is 12.4 Å². The molecule has 3 heteroatoms. The summed E-state index contributed by atoms with van der Waals surface area (Å²) in [5.41, 5.74) is 0. The van der Waals surface area contributed by atoms with Crippen LogP contribution in [-0.4, -0.2) is 16.5 Å². The van der Waals surface area contributed by atoms with Crippen LogP contribution in [0.3, 0.4) is 0 Å². The van der Waals surface area contributed by atoms with Gasteiger partial charge in [0.25, 0.3) is 0 Å². The van der Waals surface area contributed by atoms with Gasteiger partial charge in [-0.15, -0.1) is 0 Å². The fourth-order valence-corrected chi connectivity index (χ4v) is 0.709. The number of H-pyrrole nitrogens is 1. The highest BCUT2D eigenvalue weighted by Gasteiger charge is 1.89. The van der Waals surface area contributed by atoms with Crippen LogP contribution in [0.15, 0.2) is 6.20 Å². The maximum atomic E-state index is 3.90. The Morgan fingerprint density at radius 2 is 2.70 bits per heavy atom. The zero-order valence-corrected chi connectivity index (χ0v) is 6.15. The topological polar surface area (TPSA) is 40.7 Å². The van der Waals surface area contributed by atoms with Crippen molar-refractivity contribution in [3.05, 3.63) is 12.5 Å². The summed E-state index contributed by atoms with van der Waals surface area (Å²) in [6, 6.07) is 0. The molecule has 0 amide bonds. The van der Waals surface area contributed by atoms with Gasteiger partial charge in [-0.05, 0) is 6.42 Å². The van der Waals surface area contributed by atoms with E-state index in [1.54, 1.807) is 6.20 Å². The first kappa shape index (κ1) is 7.12. The van der Waals surface area contributed by atoms with E-state index < -0.39 is 0 Å². The van der Waals surface area contributed by atoms with Gasteiger partial charge in [0.1, 0.15) is 5.82 Å². The molecule has 0 spiro atoms. The number of hydrogen-bond acceptors (Lipinski definition) is 2. The molecule has 1 aromatic rings. The molecular formula is C7H12N3. The summed E-state index contributed by atoms with van der Waals surface area (Å²) in [6.07, 6.45) is 6.82. The summed E-state index contributed by atoms with van der Waals surface area (Å²) >= 11 is 0. The first-order chi connectivity index (χ1) is 4.93. The van der Waals surface area contributed by atoms with Gasteiger partial charge in [0.2, 0.25) is 0 Å². The number of nitrogens with one attached hydrogen (secondary N) is 2. The largest absolute Gasteiger partial charge is 0.369 e. The normalized spacial score (nSPS) is 9.70. The highest BCUT2D eigenvalue weighted by Crippen LogP contribution is 1.97. The molecule has 0 saturated heterocycles. The smallest absolute Gasteiger partial charge is 0.175 e. The van der Waals surface area contributed by atoms with E-state index in [1.165, 1.54) is 12.8 Å². The molecule has 0 aliphatic rings. The highest BCUT2D eigenvalue weighted by molar-refractivity contribution is 5.29. The molecule has 1 heterocycles. The highest BCUT2D eigenvalue weighted by atomic mass is 15.0. The van der Waals surface area contributed by atoms with Gasteiger partial charge < -0.3 is 10.3 Å². The quantitative estimate of drug-likeness (QED) is 0.618. The van der Waals surface area contributed by atoms with Crippen LogP contribution in [0, 0.1) is 6.33 Å². The number of unbranched alkanes of at least 4 members (excludes halogenated alkanes) is 1. The molecule has 2 N–H and O–H groups in total. The van der Waals surface area contributed by atoms with E-state index in [4.69, 9.17) is 0 Å². The molecule has 0 bridgehead atoms. The lowest BCUT2D eigenvalue weighted by atomic mass is 10.3. The van der Waals surface area contributed by atoms with Gasteiger partial charge in [-0.2, -0.15) is 0 Å². The monoisotopic (exact) mass is 138 g/mol. The Labute approximate surface area is 60.9 Å². The molecule has 1 rings (SSSR count). The average molecular weight is 138 g/mol. The van der Waals surface area contributed by atoms with Crippen LogP contribution < -0.4 is 5.32 Å². The van der Waals surface area contributed by atoms with Crippen LogP contribution in [0.1, 0.15) is 19.8 Å². The second-order valence-electron chi connectivity index (χ2n) is 2.18. The second kappa shape index (κ2) is 3.93. The Balaban J connectivity index is 2.15. The fourth-order valence-electron chi connectivity index (χ4n) is 0.709. The molecule has 0 saturated carbocycles. The lowest BCUT2D eigenvalue weighted by Crippen LogP contribution is -2.00. The minimum atomic E-state index is 0.883. The van der Waals surface area contributed by atoms with E-state index >= 15 is 0 Å². The molecule has 0 fully saturated rings. The van der Waals surface area contributed by atoms with Crippen LogP contribution in [0.4, 0.5) is 5.82 Å². The van der Waals surface area contributed by atoms with Crippen molar-refractivity contribution in [1.29, 1.82) is 0 Å². The number of nitrogens with zero attached hydrogens (tertiary/aromatic N) is 1. The number of imidazole rings is 1. The van der Waals surface area contributed by atoms with Crippen molar-refractivity contribution in [1.82, 2.24) is 9.97 Å². The van der Waals surface area contributed by atoms with Gasteiger partial charge in [0, 0.05) is 12.7 Å². The molecule has 0 unspecified atom stereocenters. The molecule has 0 aliphatic heterocycles. The Morgan fingerprint density at radius 3 is 3.30 bits per heavy atom. The van der Waals surface area contributed by atoms with Crippen LogP contribution in [0.2, 0.25) is 0 Å². The lowest BCUT2D eigenvalue weighted by molar-refractivity contribution is 0.832. The van der Waals surface area contributed by atoms with Crippen molar-refractivity contribution in [2.24, 2.45) is 0 Å². The van der Waals surface area contributed by atoms with Crippen LogP contribution in [0.5, 0.6) is 0 Å². The summed E-state index contributed by atoms with van der Waals surface area (Å²) in [5, 5.41) is 3.15. The second-order valence-corrected chi connectivity index (χ2v) is 2.18. The van der Waals surface area contributed by atoms with Crippen molar-refractivity contribution in [2.45, 2.75) is 19.8 Å². The minimum absolute atomic E-state index is 0.883. The first-order valence-electron chi connectivity index (χ1n) is 3.59. The maximum Gasteiger partial charge on any atom is 0.175 e. The third-order valence-electron chi connectivity index (χ3n) is 1.29. The predicted octanol–water partition coefficient (Wildman–Crippen LogP) is 1.42. The van der Waals surface area contributed by atoms with Crippen LogP contribution in [-0.2, 0) is 0 Å². The number of hydrogen-bond donors (Lipinski definition) is 2. The lowest BCUT2D eigenvalue weighted by Gasteiger charge is -1.98. The summed E-state index contributed by atoms with van der Waals surface area (Å²) in [5.74, 6) is 0.883. The SMILES string of the molecule is CCCCNc1c[nH][c]n1. The molecular weight excluding hydrogens is 126 g/mol. The van der Waals surface area contributed by atoms with Gasteiger partial charge in [0.05, 0.1) is 0 Å². The van der Waals surface area contributed by atoms with Gasteiger partial charge >= 0.3 is 0 Å². The van der Waals surface area contributed by atoms with Gasteiger partial charge in [0.15, 0.2) is 6.33 Å². The number of anilines is 1. The Hall–Kier alpha value is -0.990. The fraction of sp³-hybridized carbons (Fsp3) is 0.571. The predicted molar refractivity (Wildman–Crippen MR) is 40.8 cm³/mol. The van der Waals surface area contributed by atoms with Gasteiger partial charge in [-0.1, -0.05) is 13.3 Å². The Morgan fingerprint density at radius 1 is 1.80 bits per heavy atom. The third kappa shape index (κ3) is 2.09. The number of aromatic amines is 1. The van der Waals surface area contributed by atoms with Gasteiger partial charge in [-0.25, -0.2) is 4.98 Å². The van der Waals surface area contributed by atoms with Gasteiger partial charge in [-0.3, -0.25) is 0 Å². The van der Waals surface area contributed by atoms with Crippen LogP contribution in [0.25, 0.3) is 0 Å². The van der Waals surface area contributed by atoms with Crippen molar-refractivity contribution in [3.63, 3.8) is 0 Å². The van der Waals surface area contributed by atoms with E-state index in [0.29, 0.717) is 0 Å². The zero-order valence-electron chi connectivity index (χ0n) is 6.15. The molecule has 0 aliphatic carbocycles. The molecule has 1 aromatic heterocycles. The number of rotatable bonds is 4. The summed E-state index contributed by atoms with van der Waals surface area (Å²) in [6.45, 7) is 3.16. The van der Waals surface area contributed by atoms with Crippen molar-refractivity contribution >= 4 is 5.82 Å². The summed E-state index contributed by atoms with van der Waals surface area (Å²) in [7, 11) is 0. The molecule has 55 valence electrons. The molecule has 0 atom stereocenters. The maximum absolute atomic E-state index is 3.90. The van der Waals surface area contributed by atoms with Crippen molar-refractivity contribution < 1.29 is 0 Å². The Bertz CT molecular complexity index is 157. The average Bonchev–Trinajstić information content (AvgIpc) is 2.41. The standard InChI is InChI=1S/C7H12N3/c1-2-3-4-9-7-5-8-6-10-7/h5,9H,2-4H2,1H3,(H,8,10). The molecule has 3 nitrogen and oxygen atoms in total.